The van der Waals surface area contributed by atoms with E-state index in [-0.39, 0.29) is 30.7 Å². The number of halogens is 2. The summed E-state index contributed by atoms with van der Waals surface area (Å²) in [6.45, 7) is 5.73. The molecule has 1 saturated heterocycles. The zero-order valence-corrected chi connectivity index (χ0v) is 17.0. The predicted octanol–water partition coefficient (Wildman–Crippen LogP) is 3.66. The Bertz CT molecular complexity index is 776. The summed E-state index contributed by atoms with van der Waals surface area (Å²) < 4.78 is 0. The standard InChI is InChI=1S/C21H25N3O.2ClH/c25-21(23-12-16-6-7-19-13-22-14-20(19)10-16)18-5-3-4-17(11-18)15-24-8-1-2-9-24;;/h3-7,10-11,22H,1-2,8-9,12-15H2,(H,23,25);2*1H. The van der Waals surface area contributed by atoms with E-state index in [1.54, 1.807) is 0 Å². The lowest BCUT2D eigenvalue weighted by molar-refractivity contribution is 0.0950. The van der Waals surface area contributed by atoms with Crippen molar-refractivity contribution in [3.8, 4) is 0 Å². The number of nitrogens with one attached hydrogen (secondary N) is 2. The molecule has 0 spiro atoms. The van der Waals surface area contributed by atoms with Gasteiger partial charge in [0.05, 0.1) is 0 Å². The zero-order valence-electron chi connectivity index (χ0n) is 15.4. The van der Waals surface area contributed by atoms with Crippen LogP contribution in [0.15, 0.2) is 42.5 Å². The number of benzene rings is 2. The van der Waals surface area contributed by atoms with Crippen molar-refractivity contribution >= 4 is 30.7 Å². The van der Waals surface area contributed by atoms with Gasteiger partial charge in [0.1, 0.15) is 0 Å². The number of rotatable bonds is 5. The van der Waals surface area contributed by atoms with Gasteiger partial charge in [-0.1, -0.05) is 30.3 Å². The van der Waals surface area contributed by atoms with Crippen molar-refractivity contribution in [3.63, 3.8) is 0 Å². The fraction of sp³-hybridized carbons (Fsp3) is 0.381. The summed E-state index contributed by atoms with van der Waals surface area (Å²) in [4.78, 5) is 15.0. The molecule has 27 heavy (non-hydrogen) atoms. The Morgan fingerprint density at radius 1 is 0.963 bits per heavy atom. The summed E-state index contributed by atoms with van der Waals surface area (Å²) in [5, 5.41) is 6.40. The third kappa shape index (κ3) is 5.45. The van der Waals surface area contributed by atoms with E-state index in [0.29, 0.717) is 6.54 Å². The molecule has 2 aliphatic heterocycles. The molecule has 2 aromatic carbocycles. The van der Waals surface area contributed by atoms with Crippen LogP contribution >= 0.6 is 24.8 Å². The first kappa shape index (κ1) is 21.7. The van der Waals surface area contributed by atoms with E-state index in [9.17, 15) is 4.79 Å². The van der Waals surface area contributed by atoms with E-state index in [1.165, 1.54) is 42.6 Å². The van der Waals surface area contributed by atoms with Gasteiger partial charge >= 0.3 is 0 Å². The highest BCUT2D eigenvalue weighted by molar-refractivity contribution is 5.94. The van der Waals surface area contributed by atoms with E-state index < -0.39 is 0 Å². The second kappa shape index (κ2) is 10.1. The number of hydrogen-bond acceptors (Lipinski definition) is 3. The average Bonchev–Trinajstić information content (AvgIpc) is 3.31. The topological polar surface area (TPSA) is 44.4 Å². The maximum absolute atomic E-state index is 12.5. The summed E-state index contributed by atoms with van der Waals surface area (Å²) in [6.07, 6.45) is 2.58. The predicted molar refractivity (Wildman–Crippen MR) is 114 cm³/mol. The molecule has 2 N–H and O–H groups in total. The lowest BCUT2D eigenvalue weighted by Crippen LogP contribution is -2.23. The molecule has 0 atom stereocenters. The number of carbonyl (C=O) groups excluding carboxylic acids is 1. The number of hydrogen-bond donors (Lipinski definition) is 2. The SMILES string of the molecule is Cl.Cl.O=C(NCc1ccc2c(c1)CNC2)c1cccc(CN2CCCC2)c1. The Labute approximate surface area is 173 Å². The van der Waals surface area contributed by atoms with Crippen LogP contribution in [0, 0.1) is 0 Å². The average molecular weight is 408 g/mol. The number of fused-ring (bicyclic) bond motifs is 1. The van der Waals surface area contributed by atoms with Gasteiger partial charge in [0.2, 0.25) is 0 Å². The lowest BCUT2D eigenvalue weighted by Gasteiger charge is -2.15. The Morgan fingerprint density at radius 2 is 1.74 bits per heavy atom. The van der Waals surface area contributed by atoms with Crippen LogP contribution in [-0.4, -0.2) is 23.9 Å². The lowest BCUT2D eigenvalue weighted by atomic mass is 10.1. The number of likely N-dealkylation sites (tertiary alicyclic amines) is 1. The molecule has 1 amide bonds. The molecular formula is C21H27Cl2N3O. The van der Waals surface area contributed by atoms with Crippen LogP contribution in [0.4, 0.5) is 0 Å². The molecule has 2 aliphatic rings. The number of nitrogens with zero attached hydrogens (tertiary/aromatic N) is 1. The minimum absolute atomic E-state index is 0. The van der Waals surface area contributed by atoms with Gasteiger partial charge in [-0.25, -0.2) is 0 Å². The first-order valence-electron chi connectivity index (χ1n) is 9.19. The molecule has 4 rings (SSSR count). The van der Waals surface area contributed by atoms with E-state index in [0.717, 1.165) is 30.8 Å². The number of carbonyl (C=O) groups is 1. The molecule has 2 heterocycles. The smallest absolute Gasteiger partial charge is 0.251 e. The largest absolute Gasteiger partial charge is 0.348 e. The Balaban J connectivity index is 0.00000131. The molecule has 0 aromatic heterocycles. The van der Waals surface area contributed by atoms with Crippen molar-refractivity contribution in [2.75, 3.05) is 13.1 Å². The van der Waals surface area contributed by atoms with Crippen LogP contribution in [0.1, 0.15) is 45.5 Å². The Morgan fingerprint density at radius 3 is 2.56 bits per heavy atom. The van der Waals surface area contributed by atoms with Crippen molar-refractivity contribution in [2.45, 2.75) is 39.0 Å². The van der Waals surface area contributed by atoms with Gasteiger partial charge in [0, 0.05) is 31.7 Å². The highest BCUT2D eigenvalue weighted by Gasteiger charge is 2.14. The van der Waals surface area contributed by atoms with Gasteiger partial charge in [-0.3, -0.25) is 9.69 Å². The summed E-state index contributed by atoms with van der Waals surface area (Å²) in [7, 11) is 0. The molecule has 6 heteroatoms. The first-order valence-corrected chi connectivity index (χ1v) is 9.19. The number of amides is 1. The van der Waals surface area contributed by atoms with Gasteiger partial charge in [-0.2, -0.15) is 0 Å². The first-order chi connectivity index (χ1) is 12.3. The third-order valence-electron chi connectivity index (χ3n) is 5.15. The normalized spacial score (nSPS) is 15.6. The highest BCUT2D eigenvalue weighted by Crippen LogP contribution is 2.17. The van der Waals surface area contributed by atoms with Gasteiger partial charge in [0.15, 0.2) is 0 Å². The molecule has 0 aliphatic carbocycles. The fourth-order valence-corrected chi connectivity index (χ4v) is 3.75. The zero-order chi connectivity index (χ0) is 17.1. The molecule has 4 nitrogen and oxygen atoms in total. The second-order valence-electron chi connectivity index (χ2n) is 7.07. The molecule has 0 radical (unpaired) electrons. The van der Waals surface area contributed by atoms with Crippen LogP contribution < -0.4 is 10.6 Å². The van der Waals surface area contributed by atoms with Crippen molar-refractivity contribution in [2.24, 2.45) is 0 Å². The molecule has 2 aromatic rings. The van der Waals surface area contributed by atoms with Crippen LogP contribution in [0.25, 0.3) is 0 Å². The van der Waals surface area contributed by atoms with Crippen LogP contribution in [0.3, 0.4) is 0 Å². The van der Waals surface area contributed by atoms with Gasteiger partial charge in [0.25, 0.3) is 5.91 Å². The molecule has 1 fully saturated rings. The van der Waals surface area contributed by atoms with Crippen molar-refractivity contribution in [1.29, 1.82) is 0 Å². The second-order valence-corrected chi connectivity index (χ2v) is 7.07. The minimum atomic E-state index is 0. The van der Waals surface area contributed by atoms with Crippen molar-refractivity contribution in [3.05, 3.63) is 70.3 Å². The van der Waals surface area contributed by atoms with E-state index in [2.05, 4.69) is 39.8 Å². The van der Waals surface area contributed by atoms with Crippen LogP contribution in [0.5, 0.6) is 0 Å². The highest BCUT2D eigenvalue weighted by atomic mass is 35.5. The van der Waals surface area contributed by atoms with E-state index in [4.69, 9.17) is 0 Å². The monoisotopic (exact) mass is 407 g/mol. The summed E-state index contributed by atoms with van der Waals surface area (Å²) in [5.74, 6) is 0.00176. The van der Waals surface area contributed by atoms with E-state index in [1.807, 2.05) is 18.2 Å². The Kier molecular flexibility index (Phi) is 8.11. The fourth-order valence-electron chi connectivity index (χ4n) is 3.75. The van der Waals surface area contributed by atoms with Crippen molar-refractivity contribution < 1.29 is 4.79 Å². The Hall–Kier alpha value is -1.59. The summed E-state index contributed by atoms with van der Waals surface area (Å²) in [6, 6.07) is 14.5. The maximum atomic E-state index is 12.5. The molecular weight excluding hydrogens is 381 g/mol. The summed E-state index contributed by atoms with van der Waals surface area (Å²) >= 11 is 0. The van der Waals surface area contributed by atoms with Crippen LogP contribution in [-0.2, 0) is 26.2 Å². The molecule has 0 unspecified atom stereocenters. The summed E-state index contributed by atoms with van der Waals surface area (Å²) in [5.41, 5.74) is 5.84. The molecule has 0 bridgehead atoms. The van der Waals surface area contributed by atoms with Gasteiger partial charge < -0.3 is 10.6 Å². The maximum Gasteiger partial charge on any atom is 0.251 e. The minimum Gasteiger partial charge on any atom is -0.348 e. The van der Waals surface area contributed by atoms with E-state index >= 15 is 0 Å². The molecule has 0 saturated carbocycles. The van der Waals surface area contributed by atoms with Gasteiger partial charge in [-0.15, -0.1) is 24.8 Å². The van der Waals surface area contributed by atoms with Crippen LogP contribution in [0.2, 0.25) is 0 Å². The van der Waals surface area contributed by atoms with Crippen molar-refractivity contribution in [1.82, 2.24) is 15.5 Å². The molecule has 146 valence electrons. The quantitative estimate of drug-likeness (QED) is 0.794. The third-order valence-corrected chi connectivity index (χ3v) is 5.15. The van der Waals surface area contributed by atoms with Gasteiger partial charge in [-0.05, 0) is 60.3 Å².